The van der Waals surface area contributed by atoms with Crippen LogP contribution in [0.4, 0.5) is 0 Å². The lowest BCUT2D eigenvalue weighted by atomic mass is 9.47. The fraction of sp³-hybridized carbons (Fsp3) is 0.800. The van der Waals surface area contributed by atoms with Gasteiger partial charge in [0.2, 0.25) is 0 Å². The van der Waals surface area contributed by atoms with E-state index in [4.69, 9.17) is 0 Å². The van der Waals surface area contributed by atoms with Crippen LogP contribution in [0.25, 0.3) is 0 Å². The van der Waals surface area contributed by atoms with Crippen LogP contribution in [0.5, 0.6) is 0 Å². The maximum Gasteiger partial charge on any atom is 0.158 e. The van der Waals surface area contributed by atoms with Crippen LogP contribution in [0.2, 0.25) is 0 Å². The molecule has 3 fully saturated rings. The molecule has 0 aromatic rings. The lowest BCUT2D eigenvalue weighted by Gasteiger charge is -2.57. The van der Waals surface area contributed by atoms with Crippen LogP contribution in [-0.4, -0.2) is 11.6 Å². The first-order chi connectivity index (χ1) is 10.4. The molecule has 2 nitrogen and oxygen atoms in total. The van der Waals surface area contributed by atoms with E-state index < -0.39 is 0 Å². The summed E-state index contributed by atoms with van der Waals surface area (Å²) in [6.45, 7) is 6.75. The van der Waals surface area contributed by atoms with Crippen molar-refractivity contribution < 1.29 is 9.59 Å². The Morgan fingerprint density at radius 2 is 1.73 bits per heavy atom. The van der Waals surface area contributed by atoms with Crippen LogP contribution >= 0.6 is 0 Å². The number of rotatable bonds is 0. The van der Waals surface area contributed by atoms with E-state index in [1.54, 1.807) is 0 Å². The van der Waals surface area contributed by atoms with E-state index in [1.165, 1.54) is 18.4 Å². The summed E-state index contributed by atoms with van der Waals surface area (Å²) in [5.74, 6) is 3.02. The summed E-state index contributed by atoms with van der Waals surface area (Å²) >= 11 is 0. The molecular weight excluding hydrogens is 272 g/mol. The summed E-state index contributed by atoms with van der Waals surface area (Å²) in [4.78, 5) is 24.5. The molecular formula is C20H28O2. The first-order valence-electron chi connectivity index (χ1n) is 9.14. The molecule has 0 aromatic heterocycles. The minimum Gasteiger partial charge on any atom is -0.299 e. The lowest BCUT2D eigenvalue weighted by molar-refractivity contribution is -0.133. The van der Waals surface area contributed by atoms with E-state index in [1.807, 2.05) is 6.08 Å². The van der Waals surface area contributed by atoms with Crippen LogP contribution < -0.4 is 0 Å². The molecule has 0 unspecified atom stereocenters. The second-order valence-corrected chi connectivity index (χ2v) is 8.93. The number of hydrogen-bond acceptors (Lipinski definition) is 2. The Kier molecular flexibility index (Phi) is 3.03. The molecule has 0 amide bonds. The first kappa shape index (κ1) is 14.7. The number of allylic oxidation sites excluding steroid dienone is 1. The molecule has 4 aliphatic carbocycles. The van der Waals surface area contributed by atoms with Gasteiger partial charge >= 0.3 is 0 Å². The summed E-state index contributed by atoms with van der Waals surface area (Å²) in [7, 11) is 0. The van der Waals surface area contributed by atoms with E-state index in [-0.39, 0.29) is 16.7 Å². The highest BCUT2D eigenvalue weighted by molar-refractivity contribution is 5.93. The average molecular weight is 300 g/mol. The summed E-state index contributed by atoms with van der Waals surface area (Å²) in [5, 5.41) is 0. The van der Waals surface area contributed by atoms with Crippen molar-refractivity contribution in [3.05, 3.63) is 11.6 Å². The molecule has 0 N–H and O–H groups in total. The maximum absolute atomic E-state index is 12.4. The smallest absolute Gasteiger partial charge is 0.158 e. The third kappa shape index (κ3) is 1.73. The first-order valence-corrected chi connectivity index (χ1v) is 9.14. The molecule has 3 saturated carbocycles. The van der Waals surface area contributed by atoms with Crippen LogP contribution in [0, 0.1) is 34.5 Å². The molecule has 0 aliphatic heterocycles. The summed E-state index contributed by atoms with van der Waals surface area (Å²) < 4.78 is 0. The topological polar surface area (TPSA) is 34.1 Å². The summed E-state index contributed by atoms with van der Waals surface area (Å²) in [6, 6.07) is 0. The molecule has 0 spiro atoms. The predicted octanol–water partition coefficient (Wildman–Crippen LogP) is 4.33. The van der Waals surface area contributed by atoms with Gasteiger partial charge in [0.1, 0.15) is 5.78 Å². The predicted molar refractivity (Wildman–Crippen MR) is 86.3 cm³/mol. The zero-order valence-corrected chi connectivity index (χ0v) is 14.2. The quantitative estimate of drug-likeness (QED) is 0.667. The van der Waals surface area contributed by atoms with E-state index in [0.717, 1.165) is 32.1 Å². The zero-order valence-electron chi connectivity index (χ0n) is 14.2. The fourth-order valence-corrected chi connectivity index (χ4v) is 6.67. The lowest BCUT2D eigenvalue weighted by Crippen LogP contribution is -2.51. The molecule has 120 valence electrons. The monoisotopic (exact) mass is 300 g/mol. The fourth-order valence-electron chi connectivity index (χ4n) is 6.67. The highest BCUT2D eigenvalue weighted by atomic mass is 16.1. The van der Waals surface area contributed by atoms with Gasteiger partial charge in [0.15, 0.2) is 5.78 Å². The van der Waals surface area contributed by atoms with Crippen molar-refractivity contribution in [3.63, 3.8) is 0 Å². The standard InChI is InChI=1S/C20H28O2/c1-12-11-20(3)13(10-17(12)21)4-5-14-15-6-7-18(22)19(15,2)9-8-16(14)20/h10,12,14-16H,4-9,11H2,1-3H3/t12-,14+,15+,16+,19+,20+/m1/s1. The van der Waals surface area contributed by atoms with Gasteiger partial charge in [0.05, 0.1) is 0 Å². The highest BCUT2D eigenvalue weighted by Gasteiger charge is 2.59. The Morgan fingerprint density at radius 3 is 2.50 bits per heavy atom. The van der Waals surface area contributed by atoms with Gasteiger partial charge in [-0.25, -0.2) is 0 Å². The van der Waals surface area contributed by atoms with Gasteiger partial charge in [-0.2, -0.15) is 0 Å². The largest absolute Gasteiger partial charge is 0.299 e. The minimum atomic E-state index is -0.0329. The molecule has 6 atom stereocenters. The average Bonchev–Trinajstić information content (AvgIpc) is 2.77. The SMILES string of the molecule is C[C@@H]1C[C@@]2(C)C(=CC1=O)CC[C@@H]1[C@@H]2CC[C@]2(C)C(=O)CC[C@@H]12. The van der Waals surface area contributed by atoms with Crippen LogP contribution in [0.3, 0.4) is 0 Å². The normalized spacial score (nSPS) is 51.0. The number of fused-ring (bicyclic) bond motifs is 5. The second kappa shape index (κ2) is 4.55. The van der Waals surface area contributed by atoms with Gasteiger partial charge in [-0.05, 0) is 67.8 Å². The van der Waals surface area contributed by atoms with Crippen LogP contribution in [0.15, 0.2) is 11.6 Å². The van der Waals surface area contributed by atoms with Crippen molar-refractivity contribution in [1.29, 1.82) is 0 Å². The highest BCUT2D eigenvalue weighted by Crippen LogP contribution is 2.64. The third-order valence-electron chi connectivity index (χ3n) is 7.98. The zero-order chi connectivity index (χ0) is 15.7. The van der Waals surface area contributed by atoms with E-state index in [0.29, 0.717) is 29.3 Å². The second-order valence-electron chi connectivity index (χ2n) is 8.93. The molecule has 0 radical (unpaired) electrons. The maximum atomic E-state index is 12.4. The van der Waals surface area contributed by atoms with Gasteiger partial charge in [-0.3, -0.25) is 9.59 Å². The van der Waals surface area contributed by atoms with Crippen molar-refractivity contribution in [2.24, 2.45) is 34.5 Å². The molecule has 4 rings (SSSR count). The van der Waals surface area contributed by atoms with E-state index in [9.17, 15) is 9.59 Å². The van der Waals surface area contributed by atoms with Crippen LogP contribution in [0.1, 0.15) is 65.7 Å². The van der Waals surface area contributed by atoms with Gasteiger partial charge in [0, 0.05) is 17.8 Å². The molecule has 0 saturated heterocycles. The van der Waals surface area contributed by atoms with Gasteiger partial charge < -0.3 is 0 Å². The molecule has 0 aromatic carbocycles. The Labute approximate surface area is 133 Å². The van der Waals surface area contributed by atoms with Gasteiger partial charge in [-0.1, -0.05) is 26.3 Å². The van der Waals surface area contributed by atoms with E-state index in [2.05, 4.69) is 20.8 Å². The Morgan fingerprint density at radius 1 is 1.00 bits per heavy atom. The molecule has 2 heteroatoms. The van der Waals surface area contributed by atoms with Gasteiger partial charge in [-0.15, -0.1) is 0 Å². The van der Waals surface area contributed by atoms with Crippen molar-refractivity contribution in [2.75, 3.05) is 0 Å². The molecule has 4 aliphatic rings. The Balaban J connectivity index is 1.71. The van der Waals surface area contributed by atoms with Crippen LogP contribution in [-0.2, 0) is 9.59 Å². The minimum absolute atomic E-state index is 0.0329. The number of ketones is 2. The van der Waals surface area contributed by atoms with Gasteiger partial charge in [0.25, 0.3) is 0 Å². The summed E-state index contributed by atoms with van der Waals surface area (Å²) in [5.41, 5.74) is 1.60. The molecule has 0 bridgehead atoms. The molecule has 22 heavy (non-hydrogen) atoms. The molecule has 0 heterocycles. The van der Waals surface area contributed by atoms with E-state index >= 15 is 0 Å². The summed E-state index contributed by atoms with van der Waals surface area (Å²) in [6.07, 6.45) is 9.45. The van der Waals surface area contributed by atoms with Crippen molar-refractivity contribution in [2.45, 2.75) is 65.7 Å². The number of Topliss-reactive ketones (excluding diaryl/α,β-unsaturated/α-hetero) is 1. The number of hydrogen-bond donors (Lipinski definition) is 0. The third-order valence-corrected chi connectivity index (χ3v) is 7.98. The number of carbonyl (C=O) groups excluding carboxylic acids is 2. The Bertz CT molecular complexity index is 574. The Hall–Kier alpha value is -0.920. The van der Waals surface area contributed by atoms with Crippen molar-refractivity contribution in [3.8, 4) is 0 Å². The van der Waals surface area contributed by atoms with Crippen molar-refractivity contribution >= 4 is 11.6 Å². The number of carbonyl (C=O) groups is 2. The van der Waals surface area contributed by atoms with Crippen molar-refractivity contribution in [1.82, 2.24) is 0 Å².